The molecule has 1 amide bonds. The fourth-order valence-electron chi connectivity index (χ4n) is 3.33. The number of carboxylic acids is 1. The van der Waals surface area contributed by atoms with Crippen molar-refractivity contribution in [3.63, 3.8) is 0 Å². The highest BCUT2D eigenvalue weighted by molar-refractivity contribution is 5.95. The van der Waals surface area contributed by atoms with Gasteiger partial charge in [0.1, 0.15) is 0 Å². The molecule has 0 bridgehead atoms. The second-order valence-electron chi connectivity index (χ2n) is 7.00. The van der Waals surface area contributed by atoms with Gasteiger partial charge in [0.05, 0.1) is 23.7 Å². The number of benzene rings is 1. The van der Waals surface area contributed by atoms with E-state index >= 15 is 0 Å². The van der Waals surface area contributed by atoms with E-state index in [0.29, 0.717) is 12.0 Å². The normalized spacial score (nSPS) is 12.2. The summed E-state index contributed by atoms with van der Waals surface area (Å²) in [6.45, 7) is 8.12. The monoisotopic (exact) mass is 371 g/mol. The van der Waals surface area contributed by atoms with Crippen molar-refractivity contribution in [2.45, 2.75) is 53.0 Å². The number of carbonyl (C=O) groups excluding carboxylic acids is 1. The SMILES string of the molecule is CCC(CC)n1ncc(C(=O)NCC(Cc2cccc(C)c2)C(=O)O)c1C. The van der Waals surface area contributed by atoms with Crippen molar-refractivity contribution in [1.82, 2.24) is 15.1 Å². The number of hydrogen-bond acceptors (Lipinski definition) is 3. The molecule has 1 aromatic carbocycles. The summed E-state index contributed by atoms with van der Waals surface area (Å²) in [6.07, 6.45) is 3.83. The van der Waals surface area contributed by atoms with E-state index < -0.39 is 11.9 Å². The maximum absolute atomic E-state index is 12.6. The van der Waals surface area contributed by atoms with Crippen molar-refractivity contribution in [2.75, 3.05) is 6.54 Å². The van der Waals surface area contributed by atoms with E-state index in [-0.39, 0.29) is 18.5 Å². The minimum absolute atomic E-state index is 0.0811. The fraction of sp³-hybridized carbons (Fsp3) is 0.476. The first-order valence-corrected chi connectivity index (χ1v) is 9.47. The Morgan fingerprint density at radius 2 is 1.93 bits per heavy atom. The zero-order valence-electron chi connectivity index (χ0n) is 16.5. The molecule has 6 heteroatoms. The molecule has 0 spiro atoms. The molecule has 0 aliphatic carbocycles. The molecule has 2 N–H and O–H groups in total. The van der Waals surface area contributed by atoms with Crippen molar-refractivity contribution >= 4 is 11.9 Å². The largest absolute Gasteiger partial charge is 0.481 e. The van der Waals surface area contributed by atoms with E-state index in [4.69, 9.17) is 0 Å². The lowest BCUT2D eigenvalue weighted by atomic mass is 9.98. The quantitative estimate of drug-likeness (QED) is 0.706. The molecule has 1 heterocycles. The van der Waals surface area contributed by atoms with Gasteiger partial charge in [-0.15, -0.1) is 0 Å². The summed E-state index contributed by atoms with van der Waals surface area (Å²) < 4.78 is 1.89. The number of aliphatic carboxylic acids is 1. The van der Waals surface area contributed by atoms with Crippen LogP contribution in [0.3, 0.4) is 0 Å². The zero-order chi connectivity index (χ0) is 20.0. The molecule has 2 rings (SSSR count). The van der Waals surface area contributed by atoms with E-state index in [1.807, 2.05) is 42.8 Å². The zero-order valence-corrected chi connectivity index (χ0v) is 16.5. The summed E-state index contributed by atoms with van der Waals surface area (Å²) in [7, 11) is 0. The van der Waals surface area contributed by atoms with E-state index in [9.17, 15) is 14.7 Å². The van der Waals surface area contributed by atoms with Gasteiger partial charge < -0.3 is 10.4 Å². The van der Waals surface area contributed by atoms with Gasteiger partial charge in [0, 0.05) is 12.2 Å². The second-order valence-corrected chi connectivity index (χ2v) is 7.00. The number of hydrogen-bond donors (Lipinski definition) is 2. The summed E-state index contributed by atoms with van der Waals surface area (Å²) in [5, 5.41) is 16.6. The number of carboxylic acid groups (broad SMARTS) is 1. The average molecular weight is 371 g/mol. The van der Waals surface area contributed by atoms with Crippen LogP contribution in [0.1, 0.15) is 59.9 Å². The standard InChI is InChI=1S/C21H29N3O3/c1-5-18(6-2)24-15(4)19(13-23-24)20(25)22-12-17(21(26)27)11-16-9-7-8-14(3)10-16/h7-10,13,17-18H,5-6,11-12H2,1-4H3,(H,22,25)(H,26,27). The molecule has 1 aromatic heterocycles. The lowest BCUT2D eigenvalue weighted by Gasteiger charge is -2.16. The van der Waals surface area contributed by atoms with E-state index in [1.165, 1.54) is 0 Å². The van der Waals surface area contributed by atoms with Crippen LogP contribution in [-0.4, -0.2) is 33.3 Å². The van der Waals surface area contributed by atoms with Gasteiger partial charge in [0.15, 0.2) is 0 Å². The second kappa shape index (κ2) is 9.35. The lowest BCUT2D eigenvalue weighted by molar-refractivity contribution is -0.141. The molecule has 0 saturated heterocycles. The average Bonchev–Trinajstić information content (AvgIpc) is 3.01. The fourth-order valence-corrected chi connectivity index (χ4v) is 3.33. The van der Waals surface area contributed by atoms with Gasteiger partial charge in [0.25, 0.3) is 5.91 Å². The van der Waals surface area contributed by atoms with Crippen molar-refractivity contribution in [1.29, 1.82) is 0 Å². The number of rotatable bonds is 9. The number of nitrogens with one attached hydrogen (secondary N) is 1. The summed E-state index contributed by atoms with van der Waals surface area (Å²) in [6, 6.07) is 8.04. The van der Waals surface area contributed by atoms with Crippen LogP contribution < -0.4 is 5.32 Å². The van der Waals surface area contributed by atoms with Gasteiger partial charge >= 0.3 is 5.97 Å². The molecule has 146 valence electrons. The highest BCUT2D eigenvalue weighted by atomic mass is 16.4. The minimum atomic E-state index is -0.916. The van der Waals surface area contributed by atoms with Crippen LogP contribution in [0.15, 0.2) is 30.5 Å². The highest BCUT2D eigenvalue weighted by Gasteiger charge is 2.22. The summed E-state index contributed by atoms with van der Waals surface area (Å²) in [5.41, 5.74) is 3.35. The number of nitrogens with zero attached hydrogens (tertiary/aromatic N) is 2. The number of aryl methyl sites for hydroxylation is 1. The molecular weight excluding hydrogens is 342 g/mol. The van der Waals surface area contributed by atoms with E-state index in [1.54, 1.807) is 6.20 Å². The van der Waals surface area contributed by atoms with Crippen LogP contribution in [0.4, 0.5) is 0 Å². The van der Waals surface area contributed by atoms with Crippen molar-refractivity contribution < 1.29 is 14.7 Å². The Morgan fingerprint density at radius 3 is 2.52 bits per heavy atom. The van der Waals surface area contributed by atoms with Gasteiger partial charge in [-0.25, -0.2) is 0 Å². The first kappa shape index (κ1) is 20.7. The van der Waals surface area contributed by atoms with Gasteiger partial charge in [-0.3, -0.25) is 14.3 Å². The van der Waals surface area contributed by atoms with Crippen LogP contribution in [-0.2, 0) is 11.2 Å². The summed E-state index contributed by atoms with van der Waals surface area (Å²) in [4.78, 5) is 24.2. The molecular formula is C21H29N3O3. The first-order chi connectivity index (χ1) is 12.9. The van der Waals surface area contributed by atoms with Crippen LogP contribution in [0.5, 0.6) is 0 Å². The molecule has 0 aliphatic rings. The van der Waals surface area contributed by atoms with E-state index in [0.717, 1.165) is 29.7 Å². The molecule has 0 saturated carbocycles. The first-order valence-electron chi connectivity index (χ1n) is 9.47. The van der Waals surface area contributed by atoms with E-state index in [2.05, 4.69) is 24.3 Å². The van der Waals surface area contributed by atoms with Crippen LogP contribution >= 0.6 is 0 Å². The Morgan fingerprint density at radius 1 is 1.22 bits per heavy atom. The highest BCUT2D eigenvalue weighted by Crippen LogP contribution is 2.19. The van der Waals surface area contributed by atoms with Gasteiger partial charge in [-0.05, 0) is 38.7 Å². The molecule has 0 aliphatic heterocycles. The van der Waals surface area contributed by atoms with Crippen molar-refractivity contribution in [3.8, 4) is 0 Å². The molecule has 27 heavy (non-hydrogen) atoms. The third-order valence-corrected chi connectivity index (χ3v) is 5.00. The maximum atomic E-state index is 12.6. The summed E-state index contributed by atoms with van der Waals surface area (Å²) in [5.74, 6) is -1.87. The van der Waals surface area contributed by atoms with Crippen LogP contribution in [0.25, 0.3) is 0 Å². The van der Waals surface area contributed by atoms with Crippen molar-refractivity contribution in [2.24, 2.45) is 5.92 Å². The minimum Gasteiger partial charge on any atom is -0.481 e. The molecule has 1 unspecified atom stereocenters. The predicted molar refractivity (Wildman–Crippen MR) is 105 cm³/mol. The molecule has 1 atom stereocenters. The Balaban J connectivity index is 2.05. The van der Waals surface area contributed by atoms with Crippen LogP contribution in [0, 0.1) is 19.8 Å². The van der Waals surface area contributed by atoms with Gasteiger partial charge in [-0.1, -0.05) is 43.7 Å². The molecule has 2 aromatic rings. The van der Waals surface area contributed by atoms with Crippen molar-refractivity contribution in [3.05, 3.63) is 52.8 Å². The topological polar surface area (TPSA) is 84.2 Å². The van der Waals surface area contributed by atoms with Crippen LogP contribution in [0.2, 0.25) is 0 Å². The summed E-state index contributed by atoms with van der Waals surface area (Å²) >= 11 is 0. The Hall–Kier alpha value is -2.63. The predicted octanol–water partition coefficient (Wildman–Crippen LogP) is 3.53. The Labute approximate surface area is 160 Å². The molecule has 6 nitrogen and oxygen atoms in total. The lowest BCUT2D eigenvalue weighted by Crippen LogP contribution is -2.34. The van der Waals surface area contributed by atoms with Gasteiger partial charge in [-0.2, -0.15) is 5.10 Å². The third-order valence-electron chi connectivity index (χ3n) is 5.00. The van der Waals surface area contributed by atoms with Gasteiger partial charge in [0.2, 0.25) is 0 Å². The molecule has 0 radical (unpaired) electrons. The Bertz CT molecular complexity index is 794. The smallest absolute Gasteiger partial charge is 0.308 e. The Kier molecular flexibility index (Phi) is 7.16. The maximum Gasteiger partial charge on any atom is 0.308 e. The number of amides is 1. The molecule has 0 fully saturated rings. The number of carbonyl (C=O) groups is 2. The number of aromatic nitrogens is 2. The third kappa shape index (κ3) is 5.18.